The van der Waals surface area contributed by atoms with Crippen molar-refractivity contribution in [1.82, 2.24) is 4.90 Å². The predicted octanol–water partition coefficient (Wildman–Crippen LogP) is 2.81. The lowest BCUT2D eigenvalue weighted by molar-refractivity contribution is -0.384. The molecular formula is C19H23N3O5. The summed E-state index contributed by atoms with van der Waals surface area (Å²) >= 11 is 0. The highest BCUT2D eigenvalue weighted by atomic mass is 16.6. The highest BCUT2D eigenvalue weighted by Gasteiger charge is 2.17. The largest absolute Gasteiger partial charge is 0.508 e. The molecule has 0 fully saturated rings. The topological polar surface area (TPSA) is 105 Å². The van der Waals surface area contributed by atoms with E-state index in [0.717, 1.165) is 12.0 Å². The molecule has 0 aliphatic carbocycles. The van der Waals surface area contributed by atoms with Crippen molar-refractivity contribution in [2.24, 2.45) is 0 Å². The standard InChI is InChI=1S/C19H23N3O5/c1-13(10-14-4-7-16(23)8-5-14)21(2)12-19(24)20-17-9-6-15(22(25)26)11-18(17)27-3/h4-9,11,13,23H,10,12H2,1-3H3,(H,20,24)/t13-/m1/s1. The SMILES string of the molecule is COc1cc([N+](=O)[O-])ccc1NC(=O)CN(C)[C@H](C)Cc1ccc(O)cc1. The first-order valence-corrected chi connectivity index (χ1v) is 8.40. The normalized spacial score (nSPS) is 11.9. The first-order chi connectivity index (χ1) is 12.8. The van der Waals surface area contributed by atoms with E-state index in [0.29, 0.717) is 5.69 Å². The van der Waals surface area contributed by atoms with Crippen molar-refractivity contribution in [2.45, 2.75) is 19.4 Å². The van der Waals surface area contributed by atoms with E-state index in [1.165, 1.54) is 25.3 Å². The van der Waals surface area contributed by atoms with Gasteiger partial charge in [-0.3, -0.25) is 19.8 Å². The average molecular weight is 373 g/mol. The van der Waals surface area contributed by atoms with Crippen LogP contribution in [0.25, 0.3) is 0 Å². The molecule has 0 bridgehead atoms. The van der Waals surface area contributed by atoms with Crippen LogP contribution < -0.4 is 10.1 Å². The molecule has 0 aliphatic rings. The number of hydrogen-bond donors (Lipinski definition) is 2. The third-order valence-electron chi connectivity index (χ3n) is 4.28. The number of methoxy groups -OCH3 is 1. The molecule has 8 nitrogen and oxygen atoms in total. The first kappa shape index (κ1) is 20.2. The third-order valence-corrected chi connectivity index (χ3v) is 4.28. The number of amides is 1. The Hall–Kier alpha value is -3.13. The number of nitrogens with zero attached hydrogens (tertiary/aromatic N) is 2. The van der Waals surface area contributed by atoms with Crippen molar-refractivity contribution in [3.8, 4) is 11.5 Å². The van der Waals surface area contributed by atoms with Crippen LogP contribution in [0.3, 0.4) is 0 Å². The Bertz CT molecular complexity index is 807. The molecule has 2 aromatic carbocycles. The number of non-ortho nitro benzene ring substituents is 1. The minimum atomic E-state index is -0.521. The number of rotatable bonds is 8. The summed E-state index contributed by atoms with van der Waals surface area (Å²) < 4.78 is 5.12. The molecule has 27 heavy (non-hydrogen) atoms. The summed E-state index contributed by atoms with van der Waals surface area (Å²) in [6.07, 6.45) is 0.727. The molecule has 0 aliphatic heterocycles. The number of hydrogen-bond acceptors (Lipinski definition) is 6. The molecule has 0 saturated heterocycles. The first-order valence-electron chi connectivity index (χ1n) is 8.40. The number of carbonyl (C=O) groups excluding carboxylic acids is 1. The van der Waals surface area contributed by atoms with Crippen molar-refractivity contribution in [2.75, 3.05) is 26.0 Å². The second-order valence-electron chi connectivity index (χ2n) is 6.32. The van der Waals surface area contributed by atoms with Gasteiger partial charge in [-0.05, 0) is 44.2 Å². The zero-order chi connectivity index (χ0) is 20.0. The van der Waals surface area contributed by atoms with Crippen LogP contribution in [-0.4, -0.2) is 47.6 Å². The summed E-state index contributed by atoms with van der Waals surface area (Å²) in [4.78, 5) is 24.6. The number of carbonyl (C=O) groups is 1. The van der Waals surface area contributed by atoms with Gasteiger partial charge in [0.25, 0.3) is 5.69 Å². The van der Waals surface area contributed by atoms with Gasteiger partial charge < -0.3 is 15.2 Å². The number of ether oxygens (including phenoxy) is 1. The van der Waals surface area contributed by atoms with Gasteiger partial charge in [-0.15, -0.1) is 0 Å². The number of phenols is 1. The molecule has 2 N–H and O–H groups in total. The van der Waals surface area contributed by atoms with Gasteiger partial charge in [0.15, 0.2) is 0 Å². The highest BCUT2D eigenvalue weighted by molar-refractivity contribution is 5.93. The zero-order valence-corrected chi connectivity index (χ0v) is 15.5. The molecule has 0 saturated carbocycles. The molecule has 1 amide bonds. The second kappa shape index (κ2) is 9.00. The molecule has 2 aromatic rings. The maximum atomic E-state index is 12.3. The van der Waals surface area contributed by atoms with Crippen LogP contribution in [-0.2, 0) is 11.2 Å². The molecule has 0 aromatic heterocycles. The highest BCUT2D eigenvalue weighted by Crippen LogP contribution is 2.29. The van der Waals surface area contributed by atoms with E-state index in [1.807, 2.05) is 31.0 Å². The maximum absolute atomic E-state index is 12.3. The fourth-order valence-corrected chi connectivity index (χ4v) is 2.60. The lowest BCUT2D eigenvalue weighted by atomic mass is 10.1. The Balaban J connectivity index is 1.96. The van der Waals surface area contributed by atoms with E-state index in [-0.39, 0.29) is 35.7 Å². The van der Waals surface area contributed by atoms with E-state index < -0.39 is 4.92 Å². The van der Waals surface area contributed by atoms with Gasteiger partial charge >= 0.3 is 0 Å². The van der Waals surface area contributed by atoms with Gasteiger partial charge in [-0.25, -0.2) is 0 Å². The van der Waals surface area contributed by atoms with Crippen LogP contribution >= 0.6 is 0 Å². The fraction of sp³-hybridized carbons (Fsp3) is 0.316. The van der Waals surface area contributed by atoms with Crippen LogP contribution in [0.4, 0.5) is 11.4 Å². The Labute approximate surface area is 157 Å². The summed E-state index contributed by atoms with van der Waals surface area (Å²) in [7, 11) is 3.23. The number of nitro benzene ring substituents is 1. The Kier molecular flexibility index (Phi) is 6.73. The van der Waals surface area contributed by atoms with E-state index in [1.54, 1.807) is 12.1 Å². The molecule has 2 rings (SSSR count). The average Bonchev–Trinajstić information content (AvgIpc) is 2.63. The summed E-state index contributed by atoms with van der Waals surface area (Å²) in [6, 6.07) is 11.1. The van der Waals surface area contributed by atoms with Crippen LogP contribution in [0.15, 0.2) is 42.5 Å². The van der Waals surface area contributed by atoms with Crippen LogP contribution in [0.1, 0.15) is 12.5 Å². The van der Waals surface area contributed by atoms with Crippen molar-refractivity contribution in [3.63, 3.8) is 0 Å². The summed E-state index contributed by atoms with van der Waals surface area (Å²) in [5.41, 5.74) is 1.33. The van der Waals surface area contributed by atoms with E-state index >= 15 is 0 Å². The lowest BCUT2D eigenvalue weighted by Gasteiger charge is -2.24. The zero-order valence-electron chi connectivity index (χ0n) is 15.5. The maximum Gasteiger partial charge on any atom is 0.273 e. The van der Waals surface area contributed by atoms with Crippen molar-refractivity contribution < 1.29 is 19.6 Å². The quantitative estimate of drug-likeness (QED) is 0.545. The second-order valence-corrected chi connectivity index (χ2v) is 6.32. The Morgan fingerprint density at radius 3 is 2.56 bits per heavy atom. The minimum absolute atomic E-state index is 0.0963. The van der Waals surface area contributed by atoms with Gasteiger partial charge in [-0.1, -0.05) is 12.1 Å². The fourth-order valence-electron chi connectivity index (χ4n) is 2.60. The summed E-state index contributed by atoms with van der Waals surface area (Å²) in [5.74, 6) is 0.204. The lowest BCUT2D eigenvalue weighted by Crippen LogP contribution is -2.37. The van der Waals surface area contributed by atoms with Gasteiger partial charge in [0.1, 0.15) is 11.5 Å². The van der Waals surface area contributed by atoms with Gasteiger partial charge in [-0.2, -0.15) is 0 Å². The van der Waals surface area contributed by atoms with Crippen LogP contribution in [0.5, 0.6) is 11.5 Å². The number of anilines is 1. The van der Waals surface area contributed by atoms with Crippen molar-refractivity contribution in [1.29, 1.82) is 0 Å². The van der Waals surface area contributed by atoms with Crippen molar-refractivity contribution in [3.05, 3.63) is 58.1 Å². The molecular weight excluding hydrogens is 350 g/mol. The predicted molar refractivity (Wildman–Crippen MR) is 102 cm³/mol. The number of phenolic OH excluding ortho intramolecular Hbond substituents is 1. The molecule has 0 heterocycles. The molecule has 8 heteroatoms. The van der Waals surface area contributed by atoms with Crippen LogP contribution in [0, 0.1) is 10.1 Å². The smallest absolute Gasteiger partial charge is 0.273 e. The number of nitrogens with one attached hydrogen (secondary N) is 1. The molecule has 0 radical (unpaired) electrons. The number of aromatic hydroxyl groups is 1. The summed E-state index contributed by atoms with van der Waals surface area (Å²) in [6.45, 7) is 2.16. The molecule has 1 atom stereocenters. The van der Waals surface area contributed by atoms with Crippen molar-refractivity contribution >= 4 is 17.3 Å². The van der Waals surface area contributed by atoms with Gasteiger partial charge in [0.05, 0.1) is 30.3 Å². The molecule has 0 unspecified atom stereocenters. The van der Waals surface area contributed by atoms with Crippen LogP contribution in [0.2, 0.25) is 0 Å². The number of likely N-dealkylation sites (N-methyl/N-ethyl adjacent to an activating group) is 1. The Morgan fingerprint density at radius 2 is 1.96 bits per heavy atom. The number of benzene rings is 2. The van der Waals surface area contributed by atoms with Gasteiger partial charge in [0, 0.05) is 12.1 Å². The minimum Gasteiger partial charge on any atom is -0.508 e. The van der Waals surface area contributed by atoms with E-state index in [9.17, 15) is 20.0 Å². The van der Waals surface area contributed by atoms with E-state index in [2.05, 4.69) is 5.32 Å². The van der Waals surface area contributed by atoms with E-state index in [4.69, 9.17) is 4.74 Å². The monoisotopic (exact) mass is 373 g/mol. The Morgan fingerprint density at radius 1 is 1.30 bits per heavy atom. The third kappa shape index (κ3) is 5.68. The molecule has 144 valence electrons. The number of nitro groups is 1. The summed E-state index contributed by atoms with van der Waals surface area (Å²) in [5, 5.41) is 22.9. The van der Waals surface area contributed by atoms with Gasteiger partial charge in [0.2, 0.25) is 5.91 Å². The molecule has 0 spiro atoms.